The van der Waals surface area contributed by atoms with Gasteiger partial charge in [-0.25, -0.2) is 9.78 Å². The molecule has 2 aromatic rings. The topological polar surface area (TPSA) is 72.2 Å². The second kappa shape index (κ2) is 5.97. The molecule has 0 amide bonds. The van der Waals surface area contributed by atoms with Crippen LogP contribution in [-0.4, -0.2) is 36.8 Å². The van der Waals surface area contributed by atoms with Crippen LogP contribution in [0.25, 0.3) is 11.0 Å². The number of carboxylic acid groups (broad SMARTS) is 1. The van der Waals surface area contributed by atoms with Gasteiger partial charge in [0.2, 0.25) is 0 Å². The second-order valence-electron chi connectivity index (χ2n) is 5.59. The number of benzene rings is 1. The van der Waals surface area contributed by atoms with Crippen molar-refractivity contribution in [3.63, 3.8) is 0 Å². The van der Waals surface area contributed by atoms with E-state index in [9.17, 15) is 9.00 Å². The van der Waals surface area contributed by atoms with Gasteiger partial charge in [0.25, 0.3) is 0 Å². The third kappa shape index (κ3) is 3.15. The second-order valence-corrected chi connectivity index (χ2v) is 7.07. The number of aromatic nitrogens is 2. The number of rotatable bonds is 5. The molecular weight excluding hydrogens is 288 g/mol. The number of hydrogen-bond donors (Lipinski definition) is 1. The zero-order chi connectivity index (χ0) is 15.7. The van der Waals surface area contributed by atoms with Gasteiger partial charge < -0.3 is 9.67 Å². The van der Waals surface area contributed by atoms with Gasteiger partial charge in [0.15, 0.2) is 0 Å². The molecule has 2 rings (SSSR count). The largest absolute Gasteiger partial charge is 0.478 e. The van der Waals surface area contributed by atoms with E-state index in [4.69, 9.17) is 5.11 Å². The highest BCUT2D eigenvalue weighted by molar-refractivity contribution is 7.84. The summed E-state index contributed by atoms with van der Waals surface area (Å²) >= 11 is 0. The van der Waals surface area contributed by atoms with Crippen LogP contribution in [-0.2, 0) is 10.8 Å². The maximum absolute atomic E-state index is 11.5. The molecular formula is C15H20N2O3S. The smallest absolute Gasteiger partial charge is 0.335 e. The zero-order valence-electron chi connectivity index (χ0n) is 12.7. The lowest BCUT2D eigenvalue weighted by molar-refractivity contribution is 0.0697. The van der Waals surface area contributed by atoms with Gasteiger partial charge in [-0.15, -0.1) is 0 Å². The third-order valence-corrected chi connectivity index (χ3v) is 4.35. The Morgan fingerprint density at radius 3 is 2.57 bits per heavy atom. The first-order valence-electron chi connectivity index (χ1n) is 6.86. The minimum Gasteiger partial charge on any atom is -0.478 e. The summed E-state index contributed by atoms with van der Waals surface area (Å²) in [6, 6.07) is 4.94. The standard InChI is InChI=1S/C15H20N2O3S/c1-9(2)14-16-12-6-5-11(15(18)19)7-13(12)17(14)10(3)8-21(4)20/h5-7,9-10H,8H2,1-4H3,(H,18,19). The number of imidazole rings is 1. The van der Waals surface area contributed by atoms with Gasteiger partial charge in [0, 0.05) is 34.8 Å². The molecule has 5 nitrogen and oxygen atoms in total. The summed E-state index contributed by atoms with van der Waals surface area (Å²) in [7, 11) is -0.924. The van der Waals surface area contributed by atoms with Crippen molar-refractivity contribution in [1.82, 2.24) is 9.55 Å². The van der Waals surface area contributed by atoms with Crippen molar-refractivity contribution < 1.29 is 14.1 Å². The average molecular weight is 308 g/mol. The minimum atomic E-state index is -0.956. The van der Waals surface area contributed by atoms with Gasteiger partial charge in [0.05, 0.1) is 16.6 Å². The fourth-order valence-electron chi connectivity index (χ4n) is 2.53. The van der Waals surface area contributed by atoms with Crippen molar-refractivity contribution in [2.45, 2.75) is 32.7 Å². The number of fused-ring (bicyclic) bond motifs is 1. The van der Waals surface area contributed by atoms with E-state index in [0.29, 0.717) is 5.75 Å². The lowest BCUT2D eigenvalue weighted by atomic mass is 10.2. The van der Waals surface area contributed by atoms with Crippen LogP contribution in [0.3, 0.4) is 0 Å². The molecule has 1 N–H and O–H groups in total. The predicted molar refractivity (Wildman–Crippen MR) is 84.4 cm³/mol. The summed E-state index contributed by atoms with van der Waals surface area (Å²) in [6.45, 7) is 6.08. The molecule has 1 heterocycles. The highest BCUT2D eigenvalue weighted by Crippen LogP contribution is 2.27. The molecule has 0 spiro atoms. The van der Waals surface area contributed by atoms with E-state index in [1.165, 1.54) is 0 Å². The molecule has 0 aliphatic rings. The highest BCUT2D eigenvalue weighted by atomic mass is 32.2. The van der Waals surface area contributed by atoms with Crippen molar-refractivity contribution in [2.75, 3.05) is 12.0 Å². The number of carboxylic acids is 1. The van der Waals surface area contributed by atoms with E-state index in [0.717, 1.165) is 16.9 Å². The van der Waals surface area contributed by atoms with E-state index in [2.05, 4.69) is 4.98 Å². The molecule has 1 aromatic heterocycles. The molecule has 0 radical (unpaired) electrons. The van der Waals surface area contributed by atoms with Crippen LogP contribution in [0, 0.1) is 0 Å². The van der Waals surface area contributed by atoms with Crippen LogP contribution in [0.4, 0.5) is 0 Å². The third-order valence-electron chi connectivity index (χ3n) is 3.40. The summed E-state index contributed by atoms with van der Waals surface area (Å²) in [5.41, 5.74) is 1.80. The van der Waals surface area contributed by atoms with Crippen molar-refractivity contribution >= 4 is 27.8 Å². The van der Waals surface area contributed by atoms with Crippen molar-refractivity contribution in [3.8, 4) is 0 Å². The number of hydrogen-bond acceptors (Lipinski definition) is 3. The fraction of sp³-hybridized carbons (Fsp3) is 0.467. The van der Waals surface area contributed by atoms with Crippen molar-refractivity contribution in [3.05, 3.63) is 29.6 Å². The first-order chi connectivity index (χ1) is 9.81. The van der Waals surface area contributed by atoms with Crippen molar-refractivity contribution in [1.29, 1.82) is 0 Å². The molecule has 1 aromatic carbocycles. The Hall–Kier alpha value is -1.69. The monoisotopic (exact) mass is 308 g/mol. The molecule has 0 saturated heterocycles. The summed E-state index contributed by atoms with van der Waals surface area (Å²) < 4.78 is 13.5. The van der Waals surface area contributed by atoms with Crippen LogP contribution in [0.15, 0.2) is 18.2 Å². The fourth-order valence-corrected chi connectivity index (χ4v) is 3.36. The first-order valence-corrected chi connectivity index (χ1v) is 8.59. The van der Waals surface area contributed by atoms with Crippen LogP contribution in [0.5, 0.6) is 0 Å². The summed E-state index contributed by atoms with van der Waals surface area (Å²) in [5, 5.41) is 9.16. The molecule has 6 heteroatoms. The Labute approximate surface area is 126 Å². The van der Waals surface area contributed by atoms with Gasteiger partial charge in [-0.1, -0.05) is 13.8 Å². The van der Waals surface area contributed by atoms with Crippen LogP contribution in [0.1, 0.15) is 48.9 Å². The summed E-state index contributed by atoms with van der Waals surface area (Å²) in [4.78, 5) is 15.8. The minimum absolute atomic E-state index is 0.00211. The van der Waals surface area contributed by atoms with E-state index in [1.54, 1.807) is 24.5 Å². The number of nitrogens with zero attached hydrogens (tertiary/aromatic N) is 2. The Kier molecular flexibility index (Phi) is 4.46. The maximum Gasteiger partial charge on any atom is 0.335 e. The Bertz CT molecular complexity index is 706. The van der Waals surface area contributed by atoms with Crippen LogP contribution >= 0.6 is 0 Å². The van der Waals surface area contributed by atoms with Gasteiger partial charge in [-0.2, -0.15) is 0 Å². The molecule has 0 aliphatic carbocycles. The Morgan fingerprint density at radius 1 is 1.38 bits per heavy atom. The van der Waals surface area contributed by atoms with Gasteiger partial charge in [-0.3, -0.25) is 4.21 Å². The van der Waals surface area contributed by atoms with Crippen LogP contribution in [0.2, 0.25) is 0 Å². The van der Waals surface area contributed by atoms with E-state index in [-0.39, 0.29) is 17.5 Å². The average Bonchev–Trinajstić information content (AvgIpc) is 2.76. The quantitative estimate of drug-likeness (QED) is 0.922. The molecule has 2 atom stereocenters. The molecule has 0 aliphatic heterocycles. The van der Waals surface area contributed by atoms with E-state index < -0.39 is 16.8 Å². The van der Waals surface area contributed by atoms with Crippen molar-refractivity contribution in [2.24, 2.45) is 0 Å². The van der Waals surface area contributed by atoms with Crippen LogP contribution < -0.4 is 0 Å². The summed E-state index contributed by atoms with van der Waals surface area (Å²) in [5.74, 6) is 0.661. The SMILES string of the molecule is CC(C)c1nc2ccc(C(=O)O)cc2n1C(C)CS(C)=O. The Morgan fingerprint density at radius 2 is 2.05 bits per heavy atom. The lowest BCUT2D eigenvalue weighted by Gasteiger charge is -2.18. The molecule has 0 saturated carbocycles. The molecule has 114 valence electrons. The number of aromatic carboxylic acids is 1. The van der Waals surface area contributed by atoms with Gasteiger partial charge in [-0.05, 0) is 25.1 Å². The lowest BCUT2D eigenvalue weighted by Crippen LogP contribution is -2.16. The Balaban J connectivity index is 2.67. The maximum atomic E-state index is 11.5. The highest BCUT2D eigenvalue weighted by Gasteiger charge is 2.20. The zero-order valence-corrected chi connectivity index (χ0v) is 13.5. The predicted octanol–water partition coefficient (Wildman–Crippen LogP) is 2.80. The first kappa shape index (κ1) is 15.7. The number of carbonyl (C=O) groups is 1. The molecule has 2 unspecified atom stereocenters. The summed E-state index contributed by atoms with van der Waals surface area (Å²) in [6.07, 6.45) is 1.67. The molecule has 0 bridgehead atoms. The van der Waals surface area contributed by atoms with Gasteiger partial charge in [0.1, 0.15) is 5.82 Å². The molecule has 0 fully saturated rings. The van der Waals surface area contributed by atoms with E-state index >= 15 is 0 Å². The van der Waals surface area contributed by atoms with E-state index in [1.807, 2.05) is 25.3 Å². The van der Waals surface area contributed by atoms with Gasteiger partial charge >= 0.3 is 5.97 Å². The normalized spacial score (nSPS) is 14.5. The molecule has 21 heavy (non-hydrogen) atoms.